The second-order valence-electron chi connectivity index (χ2n) is 6.86. The van der Waals surface area contributed by atoms with Crippen molar-refractivity contribution in [3.8, 4) is 0 Å². The van der Waals surface area contributed by atoms with Crippen LogP contribution < -0.4 is 10.2 Å². The van der Waals surface area contributed by atoms with Gasteiger partial charge in [0.15, 0.2) is 0 Å². The summed E-state index contributed by atoms with van der Waals surface area (Å²) in [7, 11) is -3.88. The lowest BCUT2D eigenvalue weighted by Gasteiger charge is -2.34. The van der Waals surface area contributed by atoms with Crippen molar-refractivity contribution in [3.05, 3.63) is 60.2 Å². The highest BCUT2D eigenvalue weighted by Gasteiger charge is 2.39. The summed E-state index contributed by atoms with van der Waals surface area (Å²) in [6.45, 7) is 1.11. The van der Waals surface area contributed by atoms with Crippen LogP contribution in [0.15, 0.2) is 59.5 Å². The summed E-state index contributed by atoms with van der Waals surface area (Å²) >= 11 is 0. The first-order valence-electron chi connectivity index (χ1n) is 9.23. The minimum Gasteiger partial charge on any atom is -0.353 e. The van der Waals surface area contributed by atoms with Gasteiger partial charge in [-0.2, -0.15) is 4.31 Å². The van der Waals surface area contributed by atoms with E-state index >= 15 is 0 Å². The Balaban J connectivity index is 1.66. The van der Waals surface area contributed by atoms with Crippen LogP contribution >= 0.6 is 0 Å². The number of nitrogens with one attached hydrogen (secondary N) is 1. The number of anilines is 1. The van der Waals surface area contributed by atoms with Crippen molar-refractivity contribution in [2.24, 2.45) is 0 Å². The van der Waals surface area contributed by atoms with Gasteiger partial charge in [0, 0.05) is 31.7 Å². The molecule has 1 atom stereocenters. The number of carbonyl (C=O) groups excluding carboxylic acids is 2. The third kappa shape index (κ3) is 3.29. The van der Waals surface area contributed by atoms with E-state index in [4.69, 9.17) is 0 Å². The van der Waals surface area contributed by atoms with Gasteiger partial charge in [-0.25, -0.2) is 8.42 Å². The zero-order valence-electron chi connectivity index (χ0n) is 15.2. The highest BCUT2D eigenvalue weighted by molar-refractivity contribution is 7.89. The Bertz CT molecular complexity index is 990. The molecule has 7 nitrogen and oxygen atoms in total. The molecule has 1 N–H and O–H groups in total. The average molecular weight is 399 g/mol. The maximum atomic E-state index is 13.3. The normalized spacial score (nSPS) is 21.0. The van der Waals surface area contributed by atoms with Crippen molar-refractivity contribution in [1.29, 1.82) is 0 Å². The van der Waals surface area contributed by atoms with Gasteiger partial charge in [-0.3, -0.25) is 9.59 Å². The summed E-state index contributed by atoms with van der Waals surface area (Å²) < 4.78 is 27.8. The lowest BCUT2D eigenvalue weighted by Crippen LogP contribution is -2.52. The van der Waals surface area contributed by atoms with Gasteiger partial charge in [-0.15, -0.1) is 0 Å². The molecule has 2 aliphatic heterocycles. The molecular weight excluding hydrogens is 378 g/mol. The van der Waals surface area contributed by atoms with Gasteiger partial charge in [-0.1, -0.05) is 30.3 Å². The second kappa shape index (κ2) is 7.37. The first kappa shape index (κ1) is 18.6. The summed E-state index contributed by atoms with van der Waals surface area (Å²) in [6.07, 6.45) is 1.32. The molecule has 28 heavy (non-hydrogen) atoms. The van der Waals surface area contributed by atoms with Crippen LogP contribution in [0.25, 0.3) is 0 Å². The summed E-state index contributed by atoms with van der Waals surface area (Å²) in [5.74, 6) is -0.284. The summed E-state index contributed by atoms with van der Waals surface area (Å²) in [5.41, 5.74) is 1.32. The lowest BCUT2D eigenvalue weighted by molar-refractivity contribution is -0.127. The number of rotatable bonds is 4. The van der Waals surface area contributed by atoms with Crippen molar-refractivity contribution >= 4 is 27.5 Å². The van der Waals surface area contributed by atoms with Crippen LogP contribution in [0.1, 0.15) is 24.4 Å². The average Bonchev–Trinajstić information content (AvgIpc) is 3.14. The fourth-order valence-electron chi connectivity index (χ4n) is 3.71. The number of carbonyl (C=O) groups is 2. The van der Waals surface area contributed by atoms with Crippen LogP contribution in [0, 0.1) is 0 Å². The Labute approximate surface area is 164 Å². The van der Waals surface area contributed by atoms with E-state index < -0.39 is 16.1 Å². The Morgan fingerprint density at radius 2 is 1.64 bits per heavy atom. The van der Waals surface area contributed by atoms with Crippen molar-refractivity contribution in [2.75, 3.05) is 24.5 Å². The molecule has 4 rings (SSSR count). The molecular formula is C20H21N3O4S. The van der Waals surface area contributed by atoms with E-state index in [2.05, 4.69) is 5.32 Å². The summed E-state index contributed by atoms with van der Waals surface area (Å²) in [4.78, 5) is 26.2. The van der Waals surface area contributed by atoms with Gasteiger partial charge in [-0.05, 0) is 36.2 Å². The van der Waals surface area contributed by atoms with Gasteiger partial charge in [0.1, 0.15) is 6.04 Å². The van der Waals surface area contributed by atoms with Gasteiger partial charge >= 0.3 is 0 Å². The molecule has 146 valence electrons. The largest absolute Gasteiger partial charge is 0.353 e. The minimum atomic E-state index is -3.88. The van der Waals surface area contributed by atoms with E-state index in [1.807, 2.05) is 6.07 Å². The fraction of sp³-hybridized carbons (Fsp3) is 0.300. The van der Waals surface area contributed by atoms with Crippen molar-refractivity contribution in [3.63, 3.8) is 0 Å². The highest BCUT2D eigenvalue weighted by atomic mass is 32.2. The van der Waals surface area contributed by atoms with Gasteiger partial charge in [0.05, 0.1) is 4.90 Å². The summed E-state index contributed by atoms with van der Waals surface area (Å²) in [5, 5.41) is 2.75. The highest BCUT2D eigenvalue weighted by Crippen LogP contribution is 2.31. The smallest absolute Gasteiger partial charge is 0.244 e. The molecule has 0 radical (unpaired) electrons. The second-order valence-corrected chi connectivity index (χ2v) is 8.75. The molecule has 0 spiro atoms. The number of piperazine rings is 1. The maximum absolute atomic E-state index is 13.3. The number of amides is 2. The van der Waals surface area contributed by atoms with E-state index in [1.54, 1.807) is 41.3 Å². The molecule has 0 saturated carbocycles. The molecule has 2 heterocycles. The van der Waals surface area contributed by atoms with E-state index in [0.29, 0.717) is 24.2 Å². The monoisotopic (exact) mass is 399 g/mol. The van der Waals surface area contributed by atoms with Crippen LogP contribution in [-0.4, -0.2) is 44.2 Å². The van der Waals surface area contributed by atoms with Gasteiger partial charge in [0.2, 0.25) is 21.8 Å². The zero-order chi connectivity index (χ0) is 19.7. The Morgan fingerprint density at radius 1 is 0.929 bits per heavy atom. The van der Waals surface area contributed by atoms with Crippen LogP contribution in [0.5, 0.6) is 0 Å². The van der Waals surface area contributed by atoms with Crippen molar-refractivity contribution < 1.29 is 18.0 Å². The molecule has 2 aromatic carbocycles. The SMILES string of the molecule is O=C1NCCN(S(=O)(=O)c2ccc(N3CCCC3=O)cc2)C1c1ccccc1. The number of benzene rings is 2. The quantitative estimate of drug-likeness (QED) is 0.847. The molecule has 1 unspecified atom stereocenters. The van der Waals surface area contributed by atoms with E-state index in [1.165, 1.54) is 16.4 Å². The standard InChI is InChI=1S/C20H21N3O4S/c24-18-7-4-13-22(18)16-8-10-17(11-9-16)28(26,27)23-14-12-21-20(25)19(23)15-5-2-1-3-6-15/h1-3,5-6,8-11,19H,4,7,12-14H2,(H,21,25). The van der Waals surface area contributed by atoms with Crippen LogP contribution in [0.2, 0.25) is 0 Å². The predicted octanol–water partition coefficient (Wildman–Crippen LogP) is 1.68. The van der Waals surface area contributed by atoms with Gasteiger partial charge in [0.25, 0.3) is 0 Å². The molecule has 0 aliphatic carbocycles. The number of sulfonamides is 1. The van der Waals surface area contributed by atoms with Gasteiger partial charge < -0.3 is 10.2 Å². The van der Waals surface area contributed by atoms with E-state index in [0.717, 1.165) is 6.42 Å². The molecule has 8 heteroatoms. The molecule has 2 aliphatic rings. The maximum Gasteiger partial charge on any atom is 0.244 e. The molecule has 2 fully saturated rings. The first-order chi connectivity index (χ1) is 13.5. The zero-order valence-corrected chi connectivity index (χ0v) is 16.1. The van der Waals surface area contributed by atoms with Crippen molar-refractivity contribution in [2.45, 2.75) is 23.8 Å². The third-order valence-corrected chi connectivity index (χ3v) is 6.99. The topological polar surface area (TPSA) is 86.8 Å². The third-order valence-electron chi connectivity index (χ3n) is 5.11. The number of hydrogen-bond donors (Lipinski definition) is 1. The van der Waals surface area contributed by atoms with E-state index in [-0.39, 0.29) is 29.8 Å². The fourth-order valence-corrected chi connectivity index (χ4v) is 5.29. The molecule has 2 amide bonds. The Morgan fingerprint density at radius 3 is 2.29 bits per heavy atom. The molecule has 2 saturated heterocycles. The number of hydrogen-bond acceptors (Lipinski definition) is 4. The Kier molecular flexibility index (Phi) is 4.91. The van der Waals surface area contributed by atoms with Crippen LogP contribution in [0.4, 0.5) is 5.69 Å². The minimum absolute atomic E-state index is 0.0486. The van der Waals surface area contributed by atoms with Crippen LogP contribution in [-0.2, 0) is 19.6 Å². The molecule has 0 bridgehead atoms. The van der Waals surface area contributed by atoms with E-state index in [9.17, 15) is 18.0 Å². The number of nitrogens with zero attached hydrogens (tertiary/aromatic N) is 2. The lowest BCUT2D eigenvalue weighted by atomic mass is 10.1. The first-order valence-corrected chi connectivity index (χ1v) is 10.7. The molecule has 2 aromatic rings. The Hall–Kier alpha value is -2.71. The molecule has 0 aromatic heterocycles. The van der Waals surface area contributed by atoms with Crippen LogP contribution in [0.3, 0.4) is 0 Å². The van der Waals surface area contributed by atoms with Crippen molar-refractivity contribution in [1.82, 2.24) is 9.62 Å². The predicted molar refractivity (Wildman–Crippen MR) is 104 cm³/mol. The summed E-state index contributed by atoms with van der Waals surface area (Å²) in [6, 6.07) is 14.3.